The summed E-state index contributed by atoms with van der Waals surface area (Å²) < 4.78 is 15.0. The highest BCUT2D eigenvalue weighted by Crippen LogP contribution is 2.25. The van der Waals surface area contributed by atoms with E-state index in [-0.39, 0.29) is 17.5 Å². The standard InChI is InChI=1S/C16H16N2O7/c1-11(13-7-4-8-23-13)17-15(19)9-25-16(20)10-24-14-6-3-2-5-12(14)18(21)22/h2-8,11H,9-10H2,1H3,(H,17,19)/t11-/m1/s1. The van der Waals surface area contributed by atoms with Crippen molar-refractivity contribution in [3.05, 3.63) is 58.5 Å². The summed E-state index contributed by atoms with van der Waals surface area (Å²) in [5.74, 6) is -0.818. The average Bonchev–Trinajstić information content (AvgIpc) is 3.13. The summed E-state index contributed by atoms with van der Waals surface area (Å²) in [7, 11) is 0. The van der Waals surface area contributed by atoms with Gasteiger partial charge in [0.25, 0.3) is 5.91 Å². The molecule has 0 fully saturated rings. The van der Waals surface area contributed by atoms with E-state index in [0.29, 0.717) is 5.76 Å². The van der Waals surface area contributed by atoms with Gasteiger partial charge in [0.15, 0.2) is 19.0 Å². The summed E-state index contributed by atoms with van der Waals surface area (Å²) in [5.41, 5.74) is -0.264. The predicted octanol–water partition coefficient (Wildman–Crippen LogP) is 1.99. The van der Waals surface area contributed by atoms with Crippen LogP contribution >= 0.6 is 0 Å². The lowest BCUT2D eigenvalue weighted by Gasteiger charge is -2.11. The molecule has 0 aliphatic carbocycles. The Labute approximate surface area is 142 Å². The quantitative estimate of drug-likeness (QED) is 0.440. The van der Waals surface area contributed by atoms with E-state index >= 15 is 0 Å². The number of nitro groups is 1. The third kappa shape index (κ3) is 5.34. The Balaban J connectivity index is 1.75. The lowest BCUT2D eigenvalue weighted by molar-refractivity contribution is -0.385. The van der Waals surface area contributed by atoms with Gasteiger partial charge in [0.1, 0.15) is 5.76 Å². The van der Waals surface area contributed by atoms with Crippen molar-refractivity contribution in [2.24, 2.45) is 0 Å². The molecule has 0 unspecified atom stereocenters. The molecular weight excluding hydrogens is 332 g/mol. The van der Waals surface area contributed by atoms with E-state index in [1.165, 1.54) is 30.5 Å². The fourth-order valence-corrected chi connectivity index (χ4v) is 1.95. The van der Waals surface area contributed by atoms with E-state index in [1.54, 1.807) is 19.1 Å². The Morgan fingerprint density at radius 1 is 1.24 bits per heavy atom. The number of hydrogen-bond acceptors (Lipinski definition) is 7. The summed E-state index contributed by atoms with van der Waals surface area (Å²) in [6.07, 6.45) is 1.48. The van der Waals surface area contributed by atoms with Crippen LogP contribution in [-0.4, -0.2) is 30.0 Å². The molecule has 0 aliphatic heterocycles. The van der Waals surface area contributed by atoms with E-state index in [4.69, 9.17) is 13.9 Å². The molecule has 1 aromatic heterocycles. The number of benzene rings is 1. The van der Waals surface area contributed by atoms with Crippen molar-refractivity contribution >= 4 is 17.6 Å². The lowest BCUT2D eigenvalue weighted by Crippen LogP contribution is -2.31. The Hall–Kier alpha value is -3.36. The highest BCUT2D eigenvalue weighted by molar-refractivity contribution is 5.81. The molecule has 132 valence electrons. The van der Waals surface area contributed by atoms with Crippen LogP contribution in [0.4, 0.5) is 5.69 Å². The van der Waals surface area contributed by atoms with E-state index in [9.17, 15) is 19.7 Å². The number of carbonyl (C=O) groups is 2. The molecule has 0 radical (unpaired) electrons. The van der Waals surface area contributed by atoms with Gasteiger partial charge < -0.3 is 19.2 Å². The zero-order valence-corrected chi connectivity index (χ0v) is 13.3. The van der Waals surface area contributed by atoms with Gasteiger partial charge in [-0.15, -0.1) is 0 Å². The van der Waals surface area contributed by atoms with E-state index in [2.05, 4.69) is 5.32 Å². The summed E-state index contributed by atoms with van der Waals surface area (Å²) >= 11 is 0. The molecule has 9 heteroatoms. The van der Waals surface area contributed by atoms with E-state index < -0.39 is 30.0 Å². The number of amides is 1. The minimum absolute atomic E-state index is 0.0552. The van der Waals surface area contributed by atoms with Gasteiger partial charge in [-0.3, -0.25) is 14.9 Å². The number of ether oxygens (including phenoxy) is 2. The molecule has 0 bridgehead atoms. The van der Waals surface area contributed by atoms with Gasteiger partial charge in [-0.05, 0) is 25.1 Å². The molecule has 1 atom stereocenters. The minimum atomic E-state index is -0.820. The maximum Gasteiger partial charge on any atom is 0.344 e. The van der Waals surface area contributed by atoms with Gasteiger partial charge in [-0.2, -0.15) is 0 Å². The van der Waals surface area contributed by atoms with Crippen LogP contribution in [0.5, 0.6) is 5.75 Å². The van der Waals surface area contributed by atoms with E-state index in [0.717, 1.165) is 0 Å². The van der Waals surface area contributed by atoms with Gasteiger partial charge in [0, 0.05) is 6.07 Å². The van der Waals surface area contributed by atoms with Crippen molar-refractivity contribution < 1.29 is 28.4 Å². The third-order valence-electron chi connectivity index (χ3n) is 3.12. The van der Waals surface area contributed by atoms with Crippen LogP contribution in [0.2, 0.25) is 0 Å². The van der Waals surface area contributed by atoms with Crippen LogP contribution in [0.15, 0.2) is 47.1 Å². The Bertz CT molecular complexity index is 743. The number of nitrogens with zero attached hydrogens (tertiary/aromatic N) is 1. The number of nitro benzene ring substituents is 1. The van der Waals surface area contributed by atoms with Crippen LogP contribution in [-0.2, 0) is 14.3 Å². The number of carbonyl (C=O) groups excluding carboxylic acids is 2. The molecule has 0 saturated heterocycles. The number of nitrogens with one attached hydrogen (secondary N) is 1. The minimum Gasteiger partial charge on any atom is -0.475 e. The predicted molar refractivity (Wildman–Crippen MR) is 84.8 cm³/mol. The highest BCUT2D eigenvalue weighted by Gasteiger charge is 2.17. The van der Waals surface area contributed by atoms with Crippen molar-refractivity contribution in [3.63, 3.8) is 0 Å². The van der Waals surface area contributed by atoms with Crippen LogP contribution < -0.4 is 10.1 Å². The molecule has 1 aromatic carbocycles. The normalized spacial score (nSPS) is 11.4. The molecule has 1 amide bonds. The second-order valence-corrected chi connectivity index (χ2v) is 4.98. The maximum absolute atomic E-state index is 11.7. The fourth-order valence-electron chi connectivity index (χ4n) is 1.95. The topological polar surface area (TPSA) is 121 Å². The number of rotatable bonds is 8. The smallest absolute Gasteiger partial charge is 0.344 e. The largest absolute Gasteiger partial charge is 0.475 e. The summed E-state index contributed by atoms with van der Waals surface area (Å²) in [6, 6.07) is 8.66. The summed E-state index contributed by atoms with van der Waals surface area (Å²) in [5, 5.41) is 13.4. The molecule has 0 saturated carbocycles. The Morgan fingerprint density at radius 3 is 2.68 bits per heavy atom. The van der Waals surface area contributed by atoms with Crippen LogP contribution in [0.25, 0.3) is 0 Å². The van der Waals surface area contributed by atoms with Crippen LogP contribution in [0.3, 0.4) is 0 Å². The van der Waals surface area contributed by atoms with E-state index in [1.807, 2.05) is 0 Å². The summed E-state index contributed by atoms with van der Waals surface area (Å²) in [6.45, 7) is 0.673. The first kappa shape index (κ1) is 18.0. The third-order valence-corrected chi connectivity index (χ3v) is 3.12. The first-order chi connectivity index (χ1) is 12.0. The number of esters is 1. The second-order valence-electron chi connectivity index (χ2n) is 4.98. The van der Waals surface area contributed by atoms with Crippen molar-refractivity contribution in [2.75, 3.05) is 13.2 Å². The second kappa shape index (κ2) is 8.48. The lowest BCUT2D eigenvalue weighted by atomic mass is 10.2. The average molecular weight is 348 g/mol. The van der Waals surface area contributed by atoms with Gasteiger partial charge >= 0.3 is 11.7 Å². The zero-order valence-electron chi connectivity index (χ0n) is 13.3. The summed E-state index contributed by atoms with van der Waals surface area (Å²) in [4.78, 5) is 33.5. The van der Waals surface area contributed by atoms with Crippen LogP contribution in [0.1, 0.15) is 18.7 Å². The van der Waals surface area contributed by atoms with Gasteiger partial charge in [0.2, 0.25) is 0 Å². The first-order valence-electron chi connectivity index (χ1n) is 7.32. The molecule has 1 heterocycles. The van der Waals surface area contributed by atoms with Crippen molar-refractivity contribution in [3.8, 4) is 5.75 Å². The van der Waals surface area contributed by atoms with Crippen molar-refractivity contribution in [2.45, 2.75) is 13.0 Å². The molecular formula is C16H16N2O7. The zero-order chi connectivity index (χ0) is 18.2. The molecule has 0 spiro atoms. The Kier molecular flexibility index (Phi) is 6.10. The highest BCUT2D eigenvalue weighted by atomic mass is 16.6. The fraction of sp³-hybridized carbons (Fsp3) is 0.250. The van der Waals surface area contributed by atoms with Gasteiger partial charge in [-0.25, -0.2) is 4.79 Å². The Morgan fingerprint density at radius 2 is 2.00 bits per heavy atom. The van der Waals surface area contributed by atoms with Gasteiger partial charge in [-0.1, -0.05) is 12.1 Å². The molecule has 2 rings (SSSR count). The first-order valence-corrected chi connectivity index (χ1v) is 7.32. The molecule has 0 aliphatic rings. The number of para-hydroxylation sites is 2. The van der Waals surface area contributed by atoms with Crippen molar-refractivity contribution in [1.82, 2.24) is 5.32 Å². The molecule has 1 N–H and O–H groups in total. The molecule has 25 heavy (non-hydrogen) atoms. The monoisotopic (exact) mass is 348 g/mol. The van der Waals surface area contributed by atoms with Crippen molar-refractivity contribution in [1.29, 1.82) is 0 Å². The maximum atomic E-state index is 11.7. The van der Waals surface area contributed by atoms with Crippen LogP contribution in [0, 0.1) is 10.1 Å². The number of hydrogen-bond donors (Lipinski definition) is 1. The van der Waals surface area contributed by atoms with Gasteiger partial charge in [0.05, 0.1) is 17.2 Å². The number of furan rings is 1. The molecule has 2 aromatic rings. The molecule has 9 nitrogen and oxygen atoms in total. The SMILES string of the molecule is C[C@@H](NC(=O)COC(=O)COc1ccccc1[N+](=O)[O-])c1ccco1.